The molecule has 0 saturated carbocycles. The van der Waals surface area contributed by atoms with Gasteiger partial charge < -0.3 is 10.4 Å². The third-order valence-electron chi connectivity index (χ3n) is 2.91. The van der Waals surface area contributed by atoms with Crippen LogP contribution in [0.5, 0.6) is 0 Å². The smallest absolute Gasteiger partial charge is 0.394 e. The summed E-state index contributed by atoms with van der Waals surface area (Å²) in [5, 5.41) is 12.5. The van der Waals surface area contributed by atoms with Gasteiger partial charge in [0.15, 0.2) is 0 Å². The Morgan fingerprint density at radius 2 is 1.95 bits per heavy atom. The molecule has 4 nitrogen and oxygen atoms in total. The molecular formula is C13H14F3N3O. The molecule has 0 unspecified atom stereocenters. The van der Waals surface area contributed by atoms with Crippen molar-refractivity contribution in [2.45, 2.75) is 25.6 Å². The van der Waals surface area contributed by atoms with E-state index in [-0.39, 0.29) is 24.0 Å². The Balaban J connectivity index is 2.55. The van der Waals surface area contributed by atoms with Crippen LogP contribution < -0.4 is 5.32 Å². The fourth-order valence-electron chi connectivity index (χ4n) is 1.78. The zero-order valence-electron chi connectivity index (χ0n) is 10.8. The van der Waals surface area contributed by atoms with Crippen LogP contribution >= 0.6 is 0 Å². The lowest BCUT2D eigenvalue weighted by molar-refractivity contribution is -0.144. The number of fused-ring (bicyclic) bond motifs is 1. The summed E-state index contributed by atoms with van der Waals surface area (Å²) in [6, 6.07) is 6.10. The van der Waals surface area contributed by atoms with Crippen molar-refractivity contribution >= 4 is 16.7 Å². The van der Waals surface area contributed by atoms with Gasteiger partial charge in [0.25, 0.3) is 0 Å². The minimum Gasteiger partial charge on any atom is -0.394 e. The van der Waals surface area contributed by atoms with Gasteiger partial charge in [0.2, 0.25) is 5.82 Å². The predicted octanol–water partition coefficient (Wildman–Crippen LogP) is 2.83. The molecule has 2 aromatic rings. The van der Waals surface area contributed by atoms with Crippen LogP contribution in [0.3, 0.4) is 0 Å². The van der Waals surface area contributed by atoms with E-state index in [0.717, 1.165) is 0 Å². The second kappa shape index (κ2) is 5.62. The van der Waals surface area contributed by atoms with Crippen molar-refractivity contribution in [3.8, 4) is 0 Å². The van der Waals surface area contributed by atoms with Crippen molar-refractivity contribution in [2.24, 2.45) is 0 Å². The lowest BCUT2D eigenvalue weighted by atomic mass is 10.2. The Hall–Kier alpha value is -1.89. The highest BCUT2D eigenvalue weighted by Crippen LogP contribution is 2.30. The van der Waals surface area contributed by atoms with Crippen molar-refractivity contribution in [1.29, 1.82) is 0 Å². The fourth-order valence-corrected chi connectivity index (χ4v) is 1.78. The Bertz CT molecular complexity index is 597. The number of hydrogen-bond acceptors (Lipinski definition) is 4. The molecule has 0 aliphatic rings. The number of aliphatic hydroxyl groups excluding tert-OH is 1. The monoisotopic (exact) mass is 285 g/mol. The van der Waals surface area contributed by atoms with Crippen molar-refractivity contribution in [2.75, 3.05) is 11.9 Å². The van der Waals surface area contributed by atoms with E-state index in [1.165, 1.54) is 6.07 Å². The molecule has 2 rings (SSSR count). The number of aromatic nitrogens is 2. The second-order valence-corrected chi connectivity index (χ2v) is 4.34. The van der Waals surface area contributed by atoms with Crippen molar-refractivity contribution in [3.05, 3.63) is 30.1 Å². The Kier molecular flexibility index (Phi) is 4.08. The van der Waals surface area contributed by atoms with Gasteiger partial charge in [-0.05, 0) is 18.6 Å². The van der Waals surface area contributed by atoms with Gasteiger partial charge in [-0.25, -0.2) is 9.97 Å². The van der Waals surface area contributed by atoms with Crippen molar-refractivity contribution in [3.63, 3.8) is 0 Å². The van der Waals surface area contributed by atoms with Crippen molar-refractivity contribution < 1.29 is 18.3 Å². The number of halogens is 3. The molecule has 1 aromatic carbocycles. The van der Waals surface area contributed by atoms with Crippen LogP contribution in [0.2, 0.25) is 0 Å². The molecule has 0 amide bonds. The molecule has 20 heavy (non-hydrogen) atoms. The van der Waals surface area contributed by atoms with Gasteiger partial charge in [0.1, 0.15) is 5.82 Å². The molecule has 0 saturated heterocycles. The number of rotatable bonds is 4. The van der Waals surface area contributed by atoms with E-state index in [4.69, 9.17) is 5.11 Å². The number of aliphatic hydroxyl groups is 1. The Labute approximate surface area is 113 Å². The molecule has 2 N–H and O–H groups in total. The first kappa shape index (κ1) is 14.5. The summed E-state index contributed by atoms with van der Waals surface area (Å²) in [6.07, 6.45) is -4.04. The fraction of sp³-hybridized carbons (Fsp3) is 0.385. The minimum atomic E-state index is -4.61. The molecule has 108 valence electrons. The molecule has 0 aliphatic heterocycles. The highest BCUT2D eigenvalue weighted by atomic mass is 19.4. The first-order valence-corrected chi connectivity index (χ1v) is 6.17. The van der Waals surface area contributed by atoms with E-state index < -0.39 is 12.0 Å². The molecule has 0 bridgehead atoms. The maximum absolute atomic E-state index is 12.8. The lowest BCUT2D eigenvalue weighted by Gasteiger charge is -2.17. The lowest BCUT2D eigenvalue weighted by Crippen LogP contribution is -2.24. The summed E-state index contributed by atoms with van der Waals surface area (Å²) in [5.74, 6) is -1.10. The largest absolute Gasteiger partial charge is 0.451 e. The van der Waals surface area contributed by atoms with Gasteiger partial charge in [-0.2, -0.15) is 13.2 Å². The summed E-state index contributed by atoms with van der Waals surface area (Å²) in [6.45, 7) is 1.64. The van der Waals surface area contributed by atoms with Gasteiger partial charge in [-0.1, -0.05) is 19.1 Å². The molecule has 0 fully saturated rings. The van der Waals surface area contributed by atoms with Crippen LogP contribution in [0.1, 0.15) is 19.2 Å². The van der Waals surface area contributed by atoms with E-state index in [1.54, 1.807) is 18.2 Å². The van der Waals surface area contributed by atoms with Gasteiger partial charge in [-0.3, -0.25) is 0 Å². The maximum Gasteiger partial charge on any atom is 0.451 e. The van der Waals surface area contributed by atoms with E-state index in [9.17, 15) is 13.2 Å². The number of benzene rings is 1. The number of nitrogens with zero attached hydrogens (tertiary/aromatic N) is 2. The summed E-state index contributed by atoms with van der Waals surface area (Å²) >= 11 is 0. The van der Waals surface area contributed by atoms with Crippen LogP contribution in [-0.2, 0) is 6.18 Å². The number of anilines is 1. The summed E-state index contributed by atoms with van der Waals surface area (Å²) in [7, 11) is 0. The van der Waals surface area contributed by atoms with E-state index in [1.807, 2.05) is 6.92 Å². The highest BCUT2D eigenvalue weighted by Gasteiger charge is 2.35. The molecule has 1 atom stereocenters. The van der Waals surface area contributed by atoms with Crippen LogP contribution in [0.25, 0.3) is 10.9 Å². The standard InChI is InChI=1S/C13H14F3N3O/c1-2-8(7-20)17-11-9-5-3-4-6-10(9)18-12(19-11)13(14,15)16/h3-6,8,20H,2,7H2,1H3,(H,17,18,19)/t8-/m0/s1. The molecular weight excluding hydrogens is 271 g/mol. The molecule has 0 spiro atoms. The number of nitrogens with one attached hydrogen (secondary N) is 1. The van der Waals surface area contributed by atoms with E-state index in [0.29, 0.717) is 11.8 Å². The number of hydrogen-bond donors (Lipinski definition) is 2. The zero-order valence-corrected chi connectivity index (χ0v) is 10.8. The van der Waals surface area contributed by atoms with Crippen LogP contribution in [0.4, 0.5) is 19.0 Å². The SMILES string of the molecule is CC[C@@H](CO)Nc1nc(C(F)(F)F)nc2ccccc12. The van der Waals surface area contributed by atoms with Crippen molar-refractivity contribution in [1.82, 2.24) is 9.97 Å². The predicted molar refractivity (Wildman–Crippen MR) is 69.3 cm³/mol. The second-order valence-electron chi connectivity index (χ2n) is 4.34. The topological polar surface area (TPSA) is 58.0 Å². The maximum atomic E-state index is 12.8. The molecule has 1 heterocycles. The van der Waals surface area contributed by atoms with Crippen LogP contribution in [0, 0.1) is 0 Å². The van der Waals surface area contributed by atoms with Gasteiger partial charge >= 0.3 is 6.18 Å². The quantitative estimate of drug-likeness (QED) is 0.907. The third kappa shape index (κ3) is 2.98. The highest BCUT2D eigenvalue weighted by molar-refractivity contribution is 5.89. The summed E-state index contributed by atoms with van der Waals surface area (Å²) < 4.78 is 38.4. The Morgan fingerprint density at radius 1 is 1.25 bits per heavy atom. The normalized spacial score (nSPS) is 13.4. The molecule has 7 heteroatoms. The van der Waals surface area contributed by atoms with E-state index in [2.05, 4.69) is 15.3 Å². The van der Waals surface area contributed by atoms with Gasteiger partial charge in [-0.15, -0.1) is 0 Å². The molecule has 0 aliphatic carbocycles. The van der Waals surface area contributed by atoms with E-state index >= 15 is 0 Å². The number of para-hydroxylation sites is 1. The van der Waals surface area contributed by atoms with Gasteiger partial charge in [0, 0.05) is 5.39 Å². The summed E-state index contributed by atoms with van der Waals surface area (Å²) in [5.41, 5.74) is 0.213. The molecule has 0 radical (unpaired) electrons. The first-order chi connectivity index (χ1) is 9.45. The van der Waals surface area contributed by atoms with Crippen LogP contribution in [-0.4, -0.2) is 27.7 Å². The number of alkyl halides is 3. The van der Waals surface area contributed by atoms with Gasteiger partial charge in [0.05, 0.1) is 18.2 Å². The minimum absolute atomic E-state index is 0.0869. The van der Waals surface area contributed by atoms with Crippen LogP contribution in [0.15, 0.2) is 24.3 Å². The summed E-state index contributed by atoms with van der Waals surface area (Å²) in [4.78, 5) is 7.08. The third-order valence-corrected chi connectivity index (χ3v) is 2.91. The zero-order chi connectivity index (χ0) is 14.8. The average molecular weight is 285 g/mol. The molecule has 1 aromatic heterocycles. The average Bonchev–Trinajstić information content (AvgIpc) is 2.43. The first-order valence-electron chi connectivity index (χ1n) is 6.17. The Morgan fingerprint density at radius 3 is 2.55 bits per heavy atom.